The quantitative estimate of drug-likeness (QED) is 0.190. The second-order valence-corrected chi connectivity index (χ2v) is 12.4. The van der Waals surface area contributed by atoms with E-state index in [4.69, 9.17) is 19.2 Å². The fourth-order valence-electron chi connectivity index (χ4n) is 5.77. The molecular weight excluding hydrogens is 654 g/mol. The fourth-order valence-corrected chi connectivity index (χ4v) is 7.34. The number of H-pyrrole nitrogens is 1. The Morgan fingerprint density at radius 3 is 2.56 bits per heavy atom. The molecule has 0 fully saturated rings. The molecule has 0 radical (unpaired) electrons. The summed E-state index contributed by atoms with van der Waals surface area (Å²) in [5.41, 5.74) is 6.11. The summed E-state index contributed by atoms with van der Waals surface area (Å²) in [6.45, 7) is 8.11. The zero-order valence-corrected chi connectivity index (χ0v) is 28.0. The number of ether oxygens (including phenoxy) is 3. The van der Waals surface area contributed by atoms with Gasteiger partial charge in [-0.25, -0.2) is 9.79 Å². The summed E-state index contributed by atoms with van der Waals surface area (Å²) in [5, 5.41) is 1.01. The molecule has 0 aliphatic carbocycles. The van der Waals surface area contributed by atoms with E-state index in [0.29, 0.717) is 43.2 Å². The molecule has 3 heterocycles. The lowest BCUT2D eigenvalue weighted by atomic mass is 9.95. The number of nitrogens with one attached hydrogen (secondary N) is 1. The summed E-state index contributed by atoms with van der Waals surface area (Å²) in [6, 6.07) is 19.0. The first-order chi connectivity index (χ1) is 21.8. The summed E-state index contributed by atoms with van der Waals surface area (Å²) >= 11 is 4.98. The lowest BCUT2D eigenvalue weighted by molar-refractivity contribution is -0.139. The summed E-state index contributed by atoms with van der Waals surface area (Å²) in [7, 11) is 1.56. The van der Waals surface area contributed by atoms with Crippen molar-refractivity contribution in [3.8, 4) is 22.8 Å². The molecule has 0 amide bonds. The Morgan fingerprint density at radius 1 is 1.07 bits per heavy atom. The zero-order chi connectivity index (χ0) is 31.8. The van der Waals surface area contributed by atoms with Crippen LogP contribution in [0.4, 0.5) is 0 Å². The Hall–Kier alpha value is -4.41. The van der Waals surface area contributed by atoms with Gasteiger partial charge in [0, 0.05) is 20.9 Å². The molecule has 6 rings (SSSR count). The van der Waals surface area contributed by atoms with Crippen molar-refractivity contribution in [3.63, 3.8) is 0 Å². The van der Waals surface area contributed by atoms with Gasteiger partial charge < -0.3 is 19.2 Å². The molecular formula is C35H32BrN3O5S. The predicted molar refractivity (Wildman–Crippen MR) is 181 cm³/mol. The maximum absolute atomic E-state index is 14.5. The van der Waals surface area contributed by atoms with Gasteiger partial charge in [0.1, 0.15) is 0 Å². The van der Waals surface area contributed by atoms with Crippen LogP contribution in [0.2, 0.25) is 0 Å². The first-order valence-electron chi connectivity index (χ1n) is 14.6. The smallest absolute Gasteiger partial charge is 0.338 e. The number of methoxy groups -OCH3 is 1. The highest BCUT2D eigenvalue weighted by Gasteiger charge is 2.35. The van der Waals surface area contributed by atoms with Crippen molar-refractivity contribution in [2.24, 2.45) is 4.99 Å². The van der Waals surface area contributed by atoms with E-state index in [-0.39, 0.29) is 17.7 Å². The highest BCUT2D eigenvalue weighted by atomic mass is 79.9. The first-order valence-corrected chi connectivity index (χ1v) is 16.2. The van der Waals surface area contributed by atoms with E-state index in [0.717, 1.165) is 33.3 Å². The van der Waals surface area contributed by atoms with Gasteiger partial charge in [-0.2, -0.15) is 0 Å². The molecule has 8 nitrogen and oxygen atoms in total. The zero-order valence-electron chi connectivity index (χ0n) is 25.6. The Labute approximate surface area is 272 Å². The van der Waals surface area contributed by atoms with Crippen LogP contribution in [0.15, 0.2) is 86.2 Å². The maximum Gasteiger partial charge on any atom is 0.338 e. The Kier molecular flexibility index (Phi) is 8.52. The Bertz CT molecular complexity index is 2160. The highest BCUT2D eigenvalue weighted by Crippen LogP contribution is 2.41. The van der Waals surface area contributed by atoms with Crippen LogP contribution in [0.3, 0.4) is 0 Å². The summed E-state index contributed by atoms with van der Waals surface area (Å²) in [4.78, 5) is 36.8. The van der Waals surface area contributed by atoms with Crippen molar-refractivity contribution in [1.82, 2.24) is 9.55 Å². The molecule has 45 heavy (non-hydrogen) atoms. The number of hydrogen-bond acceptors (Lipinski definition) is 7. The van der Waals surface area contributed by atoms with Crippen LogP contribution in [0.1, 0.15) is 43.5 Å². The molecule has 1 N–H and O–H groups in total. The van der Waals surface area contributed by atoms with Crippen LogP contribution in [0, 0.1) is 6.92 Å². The van der Waals surface area contributed by atoms with Crippen molar-refractivity contribution in [2.75, 3.05) is 20.3 Å². The van der Waals surface area contributed by atoms with E-state index in [1.54, 1.807) is 37.7 Å². The van der Waals surface area contributed by atoms with Crippen LogP contribution < -0.4 is 24.4 Å². The third-order valence-corrected chi connectivity index (χ3v) is 9.48. The van der Waals surface area contributed by atoms with Crippen molar-refractivity contribution in [2.45, 2.75) is 33.7 Å². The van der Waals surface area contributed by atoms with Gasteiger partial charge in [-0.05, 0) is 62.6 Å². The SMILES string of the molecule is CCOC(=O)C1=C(C)N=c2s/c(=C/c3c(-c4ccccc4)[nH]c4c(C)cccc34)c(=O)n2[C@@H]1c1cc(OC)c(OCC)cc1Br. The van der Waals surface area contributed by atoms with Crippen molar-refractivity contribution in [3.05, 3.63) is 113 Å². The molecule has 0 bridgehead atoms. The molecule has 230 valence electrons. The summed E-state index contributed by atoms with van der Waals surface area (Å²) < 4.78 is 19.6. The standard InChI is InChI=1S/C35H32BrN3O5S/c1-6-43-27-18-25(36)24(16-26(27)42-5)32-29(34(41)44-7-2)20(4)37-35-39(32)33(40)28(45-35)17-23-22-15-11-12-19(3)30(22)38-31(23)21-13-9-8-10-14-21/h8-18,32,38H,6-7H2,1-5H3/b28-17+/t32-/m1/s1. The number of carbonyl (C=O) groups excluding carboxylic acids is 1. The third kappa shape index (κ3) is 5.42. The van der Waals surface area contributed by atoms with Gasteiger partial charge in [0.15, 0.2) is 16.3 Å². The molecule has 0 saturated carbocycles. The molecule has 1 aliphatic rings. The first kappa shape index (κ1) is 30.6. The van der Waals surface area contributed by atoms with Crippen LogP contribution in [-0.2, 0) is 9.53 Å². The number of thiazole rings is 1. The monoisotopic (exact) mass is 685 g/mol. The van der Waals surface area contributed by atoms with Crippen LogP contribution >= 0.6 is 27.3 Å². The Balaban J connectivity index is 1.63. The summed E-state index contributed by atoms with van der Waals surface area (Å²) in [5.74, 6) is 0.498. The number of rotatable bonds is 8. The van der Waals surface area contributed by atoms with E-state index in [2.05, 4.69) is 40.0 Å². The molecule has 0 unspecified atom stereocenters. The second-order valence-electron chi connectivity index (χ2n) is 10.5. The minimum atomic E-state index is -0.819. The van der Waals surface area contributed by atoms with Crippen molar-refractivity contribution in [1.29, 1.82) is 0 Å². The Morgan fingerprint density at radius 2 is 1.84 bits per heavy atom. The topological polar surface area (TPSA) is 94.9 Å². The minimum absolute atomic E-state index is 0.183. The van der Waals surface area contributed by atoms with Gasteiger partial charge in [-0.1, -0.05) is 75.8 Å². The normalized spacial score (nSPS) is 14.8. The van der Waals surface area contributed by atoms with Crippen molar-refractivity contribution < 1.29 is 19.0 Å². The number of benzene rings is 3. The number of allylic oxidation sites excluding steroid dienone is 1. The fraction of sp³-hybridized carbons (Fsp3) is 0.229. The lowest BCUT2D eigenvalue weighted by Gasteiger charge is -2.26. The minimum Gasteiger partial charge on any atom is -0.493 e. The van der Waals surface area contributed by atoms with Crippen molar-refractivity contribution >= 4 is 50.2 Å². The third-order valence-electron chi connectivity index (χ3n) is 7.81. The number of carbonyl (C=O) groups is 1. The average molecular weight is 687 g/mol. The van der Waals surface area contributed by atoms with E-state index in [9.17, 15) is 9.59 Å². The largest absolute Gasteiger partial charge is 0.493 e. The van der Waals surface area contributed by atoms with Gasteiger partial charge in [0.05, 0.1) is 47.9 Å². The average Bonchev–Trinajstić information content (AvgIpc) is 3.55. The maximum atomic E-state index is 14.5. The molecule has 10 heteroatoms. The van der Waals surface area contributed by atoms with Crippen LogP contribution in [0.5, 0.6) is 11.5 Å². The number of para-hydroxylation sites is 1. The summed E-state index contributed by atoms with van der Waals surface area (Å²) in [6.07, 6.45) is 1.93. The molecule has 1 atom stereocenters. The number of esters is 1. The molecule has 3 aromatic carbocycles. The number of fused-ring (bicyclic) bond motifs is 2. The molecule has 0 spiro atoms. The van der Waals surface area contributed by atoms with Crippen LogP contribution in [-0.4, -0.2) is 35.8 Å². The van der Waals surface area contributed by atoms with E-state index < -0.39 is 12.0 Å². The van der Waals surface area contributed by atoms with Gasteiger partial charge in [0.2, 0.25) is 0 Å². The van der Waals surface area contributed by atoms with Gasteiger partial charge in [-0.3, -0.25) is 9.36 Å². The highest BCUT2D eigenvalue weighted by molar-refractivity contribution is 9.10. The van der Waals surface area contributed by atoms with E-state index >= 15 is 0 Å². The molecule has 0 saturated heterocycles. The van der Waals surface area contributed by atoms with Gasteiger partial charge >= 0.3 is 5.97 Å². The number of hydrogen-bond donors (Lipinski definition) is 1. The van der Waals surface area contributed by atoms with Crippen LogP contribution in [0.25, 0.3) is 28.2 Å². The molecule has 1 aliphatic heterocycles. The van der Waals surface area contributed by atoms with E-state index in [1.165, 1.54) is 11.3 Å². The number of halogens is 1. The second kappa shape index (κ2) is 12.5. The lowest BCUT2D eigenvalue weighted by Crippen LogP contribution is -2.40. The molecule has 2 aromatic heterocycles. The van der Waals surface area contributed by atoms with Gasteiger partial charge in [0.25, 0.3) is 5.56 Å². The number of aryl methyl sites for hydroxylation is 1. The van der Waals surface area contributed by atoms with E-state index in [1.807, 2.05) is 49.4 Å². The number of aromatic nitrogens is 2. The predicted octanol–water partition coefficient (Wildman–Crippen LogP) is 6.42. The molecule has 5 aromatic rings. The number of aromatic amines is 1. The number of nitrogens with zero attached hydrogens (tertiary/aromatic N) is 2. The van der Waals surface area contributed by atoms with Gasteiger partial charge in [-0.15, -0.1) is 0 Å².